The number of fused-ring (bicyclic) bond motifs is 1. The van der Waals surface area contributed by atoms with Gasteiger partial charge in [0.15, 0.2) is 0 Å². The number of hydrogen-bond acceptors (Lipinski definition) is 5. The number of carbonyl (C=O) groups excluding carboxylic acids is 1. The van der Waals surface area contributed by atoms with Gasteiger partial charge in [-0.2, -0.15) is 0 Å². The molecule has 0 radical (unpaired) electrons. The molecule has 2 aliphatic rings. The number of nitrogens with one attached hydrogen (secondary N) is 3. The van der Waals surface area contributed by atoms with Crippen molar-refractivity contribution in [1.82, 2.24) is 15.4 Å². The lowest BCUT2D eigenvalue weighted by molar-refractivity contribution is -0.121. The molecule has 1 aromatic carbocycles. The number of rotatable bonds is 5. The Labute approximate surface area is 142 Å². The molecule has 0 aliphatic carbocycles. The van der Waals surface area contributed by atoms with E-state index in [1.54, 1.807) is 31.2 Å². The fourth-order valence-electron chi connectivity index (χ4n) is 3.00. The third-order valence-electron chi connectivity index (χ3n) is 4.20. The SMILES string of the molecule is CC(CC(=O)NCC1CCCN1)N=C1NS(=O)(=O)c2ccccc21. The molecule has 130 valence electrons. The zero-order valence-electron chi connectivity index (χ0n) is 13.6. The lowest BCUT2D eigenvalue weighted by Crippen LogP contribution is -2.38. The fraction of sp³-hybridized carbons (Fsp3) is 0.500. The van der Waals surface area contributed by atoms with Crippen LogP contribution < -0.4 is 15.4 Å². The molecule has 3 N–H and O–H groups in total. The van der Waals surface area contributed by atoms with Crippen LogP contribution in [0.25, 0.3) is 0 Å². The summed E-state index contributed by atoms with van der Waals surface area (Å²) in [6.07, 6.45) is 2.45. The van der Waals surface area contributed by atoms with Crippen LogP contribution in [-0.4, -0.2) is 45.3 Å². The van der Waals surface area contributed by atoms with Crippen molar-refractivity contribution < 1.29 is 13.2 Å². The van der Waals surface area contributed by atoms with Crippen LogP contribution in [0.3, 0.4) is 0 Å². The van der Waals surface area contributed by atoms with Gasteiger partial charge in [0.1, 0.15) is 5.84 Å². The summed E-state index contributed by atoms with van der Waals surface area (Å²) < 4.78 is 26.5. The lowest BCUT2D eigenvalue weighted by Gasteiger charge is -2.13. The number of sulfonamides is 1. The molecule has 1 amide bonds. The monoisotopic (exact) mass is 350 g/mol. The highest BCUT2D eigenvalue weighted by Gasteiger charge is 2.30. The first-order chi connectivity index (χ1) is 11.5. The number of nitrogens with zero attached hydrogens (tertiary/aromatic N) is 1. The largest absolute Gasteiger partial charge is 0.354 e. The first-order valence-electron chi connectivity index (χ1n) is 8.16. The first-order valence-corrected chi connectivity index (χ1v) is 9.64. The predicted molar refractivity (Wildman–Crippen MR) is 91.4 cm³/mol. The van der Waals surface area contributed by atoms with E-state index in [4.69, 9.17) is 0 Å². The highest BCUT2D eigenvalue weighted by molar-refractivity contribution is 7.90. The molecule has 0 spiro atoms. The molecule has 1 fully saturated rings. The van der Waals surface area contributed by atoms with Crippen LogP contribution in [0.2, 0.25) is 0 Å². The summed E-state index contributed by atoms with van der Waals surface area (Å²) in [7, 11) is -3.54. The van der Waals surface area contributed by atoms with Crippen molar-refractivity contribution in [3.05, 3.63) is 29.8 Å². The summed E-state index contributed by atoms with van der Waals surface area (Å²) in [5.41, 5.74) is 0.555. The minimum atomic E-state index is -3.54. The average Bonchev–Trinajstić information content (AvgIpc) is 3.13. The topological polar surface area (TPSA) is 99.7 Å². The summed E-state index contributed by atoms with van der Waals surface area (Å²) in [5.74, 6) is 0.234. The Bertz CT molecular complexity index is 754. The minimum Gasteiger partial charge on any atom is -0.354 e. The highest BCUT2D eigenvalue weighted by Crippen LogP contribution is 2.22. The summed E-state index contributed by atoms with van der Waals surface area (Å²) in [4.78, 5) is 16.6. The van der Waals surface area contributed by atoms with Crippen LogP contribution in [0.5, 0.6) is 0 Å². The van der Waals surface area contributed by atoms with Gasteiger partial charge < -0.3 is 10.6 Å². The van der Waals surface area contributed by atoms with Crippen LogP contribution in [0, 0.1) is 0 Å². The van der Waals surface area contributed by atoms with Crippen LogP contribution in [0.15, 0.2) is 34.2 Å². The average molecular weight is 350 g/mol. The van der Waals surface area contributed by atoms with Crippen LogP contribution in [-0.2, 0) is 14.8 Å². The summed E-state index contributed by atoms with van der Waals surface area (Å²) >= 11 is 0. The molecule has 7 nitrogen and oxygen atoms in total. The maximum absolute atomic E-state index is 12.0. The van der Waals surface area contributed by atoms with Gasteiger partial charge in [0.2, 0.25) is 5.91 Å². The molecule has 8 heteroatoms. The van der Waals surface area contributed by atoms with Crippen molar-refractivity contribution in [1.29, 1.82) is 0 Å². The third kappa shape index (κ3) is 3.76. The number of amides is 1. The smallest absolute Gasteiger partial charge is 0.263 e. The Balaban J connectivity index is 1.61. The minimum absolute atomic E-state index is 0.0744. The first kappa shape index (κ1) is 16.9. The van der Waals surface area contributed by atoms with E-state index >= 15 is 0 Å². The quantitative estimate of drug-likeness (QED) is 0.714. The second-order valence-electron chi connectivity index (χ2n) is 6.23. The van der Waals surface area contributed by atoms with Crippen molar-refractivity contribution in [3.8, 4) is 0 Å². The molecule has 0 bridgehead atoms. The van der Waals surface area contributed by atoms with Crippen LogP contribution in [0.4, 0.5) is 0 Å². The van der Waals surface area contributed by atoms with Crippen molar-refractivity contribution in [2.75, 3.05) is 13.1 Å². The number of aliphatic imine (C=N–C) groups is 1. The van der Waals surface area contributed by atoms with E-state index < -0.39 is 10.0 Å². The van der Waals surface area contributed by atoms with Crippen LogP contribution in [0.1, 0.15) is 31.7 Å². The van der Waals surface area contributed by atoms with Gasteiger partial charge in [0.05, 0.1) is 10.9 Å². The van der Waals surface area contributed by atoms with E-state index in [0.717, 1.165) is 19.4 Å². The zero-order chi connectivity index (χ0) is 17.2. The standard InChI is InChI=1S/C16H22N4O3S/c1-11(9-15(21)18-10-12-5-4-8-17-12)19-16-13-6-2-3-7-14(13)24(22,23)20-16/h2-3,6-7,11-12,17H,4-5,8-10H2,1H3,(H,18,21)(H,19,20). The molecule has 3 rings (SSSR count). The van der Waals surface area contributed by atoms with Gasteiger partial charge in [0.25, 0.3) is 10.0 Å². The summed E-state index contributed by atoms with van der Waals surface area (Å²) in [5, 5.41) is 6.23. The van der Waals surface area contributed by atoms with Gasteiger partial charge in [-0.25, -0.2) is 8.42 Å². The second kappa shape index (κ2) is 6.90. The van der Waals surface area contributed by atoms with Gasteiger partial charge in [0, 0.05) is 24.6 Å². The molecule has 2 heterocycles. The van der Waals surface area contributed by atoms with E-state index in [1.807, 2.05) is 0 Å². The molecule has 0 saturated carbocycles. The Hall–Kier alpha value is -1.93. The van der Waals surface area contributed by atoms with Crippen LogP contribution >= 0.6 is 0 Å². The molecule has 2 unspecified atom stereocenters. The molecule has 1 aromatic rings. The van der Waals surface area contributed by atoms with Gasteiger partial charge in [-0.1, -0.05) is 12.1 Å². The molecular formula is C16H22N4O3S. The van der Waals surface area contributed by atoms with E-state index in [0.29, 0.717) is 24.0 Å². The normalized spacial score (nSPS) is 24.4. The fourth-order valence-corrected chi connectivity index (χ4v) is 4.24. The summed E-state index contributed by atoms with van der Waals surface area (Å²) in [6.45, 7) is 3.43. The van der Waals surface area contributed by atoms with E-state index in [2.05, 4.69) is 20.3 Å². The van der Waals surface area contributed by atoms with E-state index in [1.165, 1.54) is 0 Å². The molecule has 1 saturated heterocycles. The Morgan fingerprint density at radius 3 is 2.96 bits per heavy atom. The van der Waals surface area contributed by atoms with Crippen molar-refractivity contribution in [2.45, 2.75) is 43.2 Å². The Kier molecular flexibility index (Phi) is 4.86. The number of carbonyl (C=O) groups is 1. The van der Waals surface area contributed by atoms with Crippen molar-refractivity contribution in [2.24, 2.45) is 4.99 Å². The molecule has 2 aliphatic heterocycles. The number of benzene rings is 1. The lowest BCUT2D eigenvalue weighted by atomic mass is 10.2. The number of amidine groups is 1. The van der Waals surface area contributed by atoms with Gasteiger partial charge in [-0.15, -0.1) is 0 Å². The molecule has 24 heavy (non-hydrogen) atoms. The Morgan fingerprint density at radius 2 is 2.21 bits per heavy atom. The maximum atomic E-state index is 12.0. The molecule has 2 atom stereocenters. The van der Waals surface area contributed by atoms with Gasteiger partial charge >= 0.3 is 0 Å². The highest BCUT2D eigenvalue weighted by atomic mass is 32.2. The third-order valence-corrected chi connectivity index (χ3v) is 5.60. The molecule has 0 aromatic heterocycles. The summed E-state index contributed by atoms with van der Waals surface area (Å²) in [6, 6.07) is 6.74. The Morgan fingerprint density at radius 1 is 1.42 bits per heavy atom. The zero-order valence-corrected chi connectivity index (χ0v) is 14.4. The van der Waals surface area contributed by atoms with Crippen molar-refractivity contribution in [3.63, 3.8) is 0 Å². The van der Waals surface area contributed by atoms with Gasteiger partial charge in [-0.05, 0) is 38.4 Å². The van der Waals surface area contributed by atoms with E-state index in [-0.39, 0.29) is 23.3 Å². The van der Waals surface area contributed by atoms with Crippen molar-refractivity contribution >= 4 is 21.8 Å². The molecular weight excluding hydrogens is 328 g/mol. The predicted octanol–water partition coefficient (Wildman–Crippen LogP) is 0.372. The second-order valence-corrected chi connectivity index (χ2v) is 7.88. The van der Waals surface area contributed by atoms with E-state index in [9.17, 15) is 13.2 Å². The van der Waals surface area contributed by atoms with Gasteiger partial charge in [-0.3, -0.25) is 14.5 Å². The number of hydrogen-bond donors (Lipinski definition) is 3. The maximum Gasteiger partial charge on any atom is 0.263 e.